The Morgan fingerprint density at radius 2 is 2.15 bits per heavy atom. The first kappa shape index (κ1) is 17.6. The first-order chi connectivity index (χ1) is 12.8. The molecule has 0 spiro atoms. The normalized spacial score (nSPS) is 20.8. The third-order valence-corrected chi connectivity index (χ3v) is 6.25. The van der Waals surface area contributed by atoms with Gasteiger partial charge >= 0.3 is 0 Å². The van der Waals surface area contributed by atoms with Crippen LogP contribution < -0.4 is 10.6 Å². The second-order valence-corrected chi connectivity index (χ2v) is 8.38. The third kappa shape index (κ3) is 4.29. The maximum atomic E-state index is 12.5. The molecule has 1 atom stereocenters. The standard InChI is InChI=1S/C18H26N6OS/c25-17(15-12-24(23-22-15)11-13-6-5-9-19-10-13)21-18-20-14-7-3-1-2-4-8-16(14)26-18/h12-13,19H,1-11H2,(H,20,21,25). The molecule has 1 saturated heterocycles. The number of thiazole rings is 1. The Hall–Kier alpha value is -1.80. The van der Waals surface area contributed by atoms with E-state index in [0.29, 0.717) is 16.7 Å². The summed E-state index contributed by atoms with van der Waals surface area (Å²) < 4.78 is 1.79. The zero-order chi connectivity index (χ0) is 17.8. The summed E-state index contributed by atoms with van der Waals surface area (Å²) in [6, 6.07) is 0. The molecule has 1 unspecified atom stereocenters. The van der Waals surface area contributed by atoms with Crippen LogP contribution >= 0.6 is 11.3 Å². The number of piperidine rings is 1. The summed E-state index contributed by atoms with van der Waals surface area (Å²) >= 11 is 1.61. The fraction of sp³-hybridized carbons (Fsp3) is 0.667. The second-order valence-electron chi connectivity index (χ2n) is 7.30. The molecule has 0 aromatic carbocycles. The number of carbonyl (C=O) groups is 1. The Morgan fingerprint density at radius 3 is 3.00 bits per heavy atom. The first-order valence-corrected chi connectivity index (χ1v) is 10.5. The van der Waals surface area contributed by atoms with Crippen molar-refractivity contribution in [1.29, 1.82) is 0 Å². The van der Waals surface area contributed by atoms with Crippen LogP contribution in [-0.2, 0) is 19.4 Å². The quantitative estimate of drug-likeness (QED) is 0.859. The van der Waals surface area contributed by atoms with Gasteiger partial charge in [0.25, 0.3) is 5.91 Å². The Labute approximate surface area is 157 Å². The van der Waals surface area contributed by atoms with E-state index in [2.05, 4.69) is 25.9 Å². The van der Waals surface area contributed by atoms with Gasteiger partial charge in [-0.3, -0.25) is 14.8 Å². The van der Waals surface area contributed by atoms with Crippen molar-refractivity contribution in [2.45, 2.75) is 57.9 Å². The van der Waals surface area contributed by atoms with Gasteiger partial charge in [0.1, 0.15) is 0 Å². The number of hydrogen-bond acceptors (Lipinski definition) is 6. The molecular weight excluding hydrogens is 348 g/mol. The van der Waals surface area contributed by atoms with Gasteiger partial charge in [0.2, 0.25) is 0 Å². The number of nitrogens with zero attached hydrogens (tertiary/aromatic N) is 4. The summed E-state index contributed by atoms with van der Waals surface area (Å²) in [5.41, 5.74) is 1.52. The molecule has 2 aromatic heterocycles. The van der Waals surface area contributed by atoms with Crippen LogP contribution in [0, 0.1) is 5.92 Å². The number of aromatic nitrogens is 4. The highest BCUT2D eigenvalue weighted by Gasteiger charge is 2.19. The van der Waals surface area contributed by atoms with Gasteiger partial charge in [0, 0.05) is 11.4 Å². The number of anilines is 1. The predicted octanol–water partition coefficient (Wildman–Crippen LogP) is 2.65. The van der Waals surface area contributed by atoms with Crippen LogP contribution in [0.1, 0.15) is 59.6 Å². The molecule has 1 aliphatic heterocycles. The largest absolute Gasteiger partial charge is 0.316 e. The van der Waals surface area contributed by atoms with Gasteiger partial charge < -0.3 is 5.32 Å². The molecule has 26 heavy (non-hydrogen) atoms. The molecule has 8 heteroatoms. The minimum atomic E-state index is -0.222. The summed E-state index contributed by atoms with van der Waals surface area (Å²) in [6.07, 6.45) is 11.2. The number of aryl methyl sites for hydroxylation is 2. The molecule has 1 aliphatic carbocycles. The molecule has 2 N–H and O–H groups in total. The molecule has 0 bridgehead atoms. The van der Waals surface area contributed by atoms with E-state index in [-0.39, 0.29) is 5.91 Å². The van der Waals surface area contributed by atoms with E-state index >= 15 is 0 Å². The van der Waals surface area contributed by atoms with Crippen molar-refractivity contribution >= 4 is 22.4 Å². The number of fused-ring (bicyclic) bond motifs is 1. The summed E-state index contributed by atoms with van der Waals surface area (Å²) in [5.74, 6) is 0.333. The lowest BCUT2D eigenvalue weighted by Gasteiger charge is -2.22. The Bertz CT molecular complexity index is 723. The van der Waals surface area contributed by atoms with Gasteiger partial charge in [0.15, 0.2) is 10.8 Å². The van der Waals surface area contributed by atoms with Gasteiger partial charge in [-0.25, -0.2) is 4.98 Å². The van der Waals surface area contributed by atoms with Crippen molar-refractivity contribution in [3.8, 4) is 0 Å². The number of carbonyl (C=O) groups excluding carboxylic acids is 1. The maximum absolute atomic E-state index is 12.5. The minimum absolute atomic E-state index is 0.222. The van der Waals surface area contributed by atoms with Crippen molar-refractivity contribution in [3.63, 3.8) is 0 Å². The van der Waals surface area contributed by atoms with E-state index in [1.807, 2.05) is 0 Å². The van der Waals surface area contributed by atoms with Crippen LogP contribution in [0.3, 0.4) is 0 Å². The molecule has 0 saturated carbocycles. The number of hydrogen-bond donors (Lipinski definition) is 2. The highest BCUT2D eigenvalue weighted by Crippen LogP contribution is 2.28. The lowest BCUT2D eigenvalue weighted by Crippen LogP contribution is -2.32. The van der Waals surface area contributed by atoms with E-state index in [9.17, 15) is 4.79 Å². The number of rotatable bonds is 4. The molecule has 7 nitrogen and oxygen atoms in total. The van der Waals surface area contributed by atoms with Crippen LogP contribution in [0.25, 0.3) is 0 Å². The highest BCUT2D eigenvalue weighted by molar-refractivity contribution is 7.15. The zero-order valence-electron chi connectivity index (χ0n) is 15.0. The van der Waals surface area contributed by atoms with Gasteiger partial charge in [-0.05, 0) is 57.5 Å². The number of nitrogens with one attached hydrogen (secondary N) is 2. The molecular formula is C18H26N6OS. The SMILES string of the molecule is O=C(Nc1nc2c(s1)CCCCCC2)c1cn(CC2CCCNC2)nn1. The van der Waals surface area contributed by atoms with E-state index in [1.165, 1.54) is 49.1 Å². The average Bonchev–Trinajstić information content (AvgIpc) is 3.23. The smallest absolute Gasteiger partial charge is 0.279 e. The molecule has 2 aliphatic rings. The van der Waals surface area contributed by atoms with Crippen LogP contribution in [0.2, 0.25) is 0 Å². The van der Waals surface area contributed by atoms with Gasteiger partial charge in [-0.15, -0.1) is 16.4 Å². The van der Waals surface area contributed by atoms with Crippen LogP contribution in [0.15, 0.2) is 6.20 Å². The maximum Gasteiger partial charge on any atom is 0.279 e. The Kier molecular flexibility index (Phi) is 5.59. The first-order valence-electron chi connectivity index (χ1n) is 9.69. The molecule has 4 rings (SSSR count). The summed E-state index contributed by atoms with van der Waals surface area (Å²) in [5, 5.41) is 15.2. The zero-order valence-corrected chi connectivity index (χ0v) is 15.9. The molecule has 140 valence electrons. The highest BCUT2D eigenvalue weighted by atomic mass is 32.1. The lowest BCUT2D eigenvalue weighted by molar-refractivity contribution is 0.102. The van der Waals surface area contributed by atoms with E-state index in [1.54, 1.807) is 22.2 Å². The second kappa shape index (κ2) is 8.26. The summed E-state index contributed by atoms with van der Waals surface area (Å²) in [4.78, 5) is 18.5. The van der Waals surface area contributed by atoms with Crippen molar-refractivity contribution in [2.24, 2.45) is 5.92 Å². The fourth-order valence-electron chi connectivity index (χ4n) is 3.76. The molecule has 0 radical (unpaired) electrons. The third-order valence-electron chi connectivity index (χ3n) is 5.18. The Balaban J connectivity index is 1.38. The Morgan fingerprint density at radius 1 is 1.27 bits per heavy atom. The summed E-state index contributed by atoms with van der Waals surface area (Å²) in [7, 11) is 0. The summed E-state index contributed by atoms with van der Waals surface area (Å²) in [6.45, 7) is 2.91. The number of amides is 1. The van der Waals surface area contributed by atoms with E-state index < -0.39 is 0 Å². The monoisotopic (exact) mass is 374 g/mol. The topological polar surface area (TPSA) is 84.7 Å². The molecule has 1 fully saturated rings. The fourth-order valence-corrected chi connectivity index (χ4v) is 4.80. The van der Waals surface area contributed by atoms with E-state index in [4.69, 9.17) is 0 Å². The van der Waals surface area contributed by atoms with Crippen LogP contribution in [0.5, 0.6) is 0 Å². The van der Waals surface area contributed by atoms with Crippen molar-refractivity contribution < 1.29 is 4.79 Å². The lowest BCUT2D eigenvalue weighted by atomic mass is 10.00. The van der Waals surface area contributed by atoms with Crippen molar-refractivity contribution in [3.05, 3.63) is 22.5 Å². The van der Waals surface area contributed by atoms with Crippen molar-refractivity contribution in [1.82, 2.24) is 25.3 Å². The molecule has 1 amide bonds. The van der Waals surface area contributed by atoms with Gasteiger partial charge in [-0.1, -0.05) is 18.1 Å². The van der Waals surface area contributed by atoms with Gasteiger partial charge in [-0.2, -0.15) is 0 Å². The van der Waals surface area contributed by atoms with Crippen molar-refractivity contribution in [2.75, 3.05) is 18.4 Å². The predicted molar refractivity (Wildman–Crippen MR) is 102 cm³/mol. The van der Waals surface area contributed by atoms with Gasteiger partial charge in [0.05, 0.1) is 11.9 Å². The van der Waals surface area contributed by atoms with E-state index in [0.717, 1.165) is 32.5 Å². The van der Waals surface area contributed by atoms with Crippen LogP contribution in [-0.4, -0.2) is 39.0 Å². The molecule has 3 heterocycles. The minimum Gasteiger partial charge on any atom is -0.316 e. The molecule has 2 aromatic rings. The average molecular weight is 375 g/mol. The van der Waals surface area contributed by atoms with Crippen LogP contribution in [0.4, 0.5) is 5.13 Å².